The van der Waals surface area contributed by atoms with E-state index in [4.69, 9.17) is 28.3 Å². The van der Waals surface area contributed by atoms with Gasteiger partial charge in [0, 0.05) is 15.6 Å². The van der Waals surface area contributed by atoms with Gasteiger partial charge in [-0.1, -0.05) is 55.2 Å². The van der Waals surface area contributed by atoms with Gasteiger partial charge in [-0.3, -0.25) is 0 Å². The summed E-state index contributed by atoms with van der Waals surface area (Å²) in [6.07, 6.45) is -0.197. The van der Waals surface area contributed by atoms with Crippen molar-refractivity contribution >= 4 is 29.3 Å². The van der Waals surface area contributed by atoms with E-state index >= 15 is 0 Å². The van der Waals surface area contributed by atoms with Crippen molar-refractivity contribution in [1.82, 2.24) is 5.32 Å². The van der Waals surface area contributed by atoms with E-state index in [-0.39, 0.29) is 11.5 Å². The van der Waals surface area contributed by atoms with Gasteiger partial charge in [-0.05, 0) is 46.7 Å². The van der Waals surface area contributed by atoms with Crippen LogP contribution in [0.3, 0.4) is 0 Å². The van der Waals surface area contributed by atoms with Crippen LogP contribution in [-0.2, 0) is 6.42 Å². The topological polar surface area (TPSA) is 49.3 Å². The Labute approximate surface area is 145 Å². The molecule has 1 aliphatic carbocycles. The molecule has 0 saturated carbocycles. The minimum atomic E-state index is -1.00. The van der Waals surface area contributed by atoms with Crippen LogP contribution in [0.25, 0.3) is 11.1 Å². The van der Waals surface area contributed by atoms with Crippen molar-refractivity contribution in [2.45, 2.75) is 26.3 Å². The predicted octanol–water partition coefficient (Wildman–Crippen LogP) is 5.55. The SMILES string of the molecule is CC1(C)Cc2cc(-c3cc(Cl)ccc3Cl)ccc2C1NC(=O)O. The molecule has 0 spiro atoms. The maximum Gasteiger partial charge on any atom is 0.405 e. The number of nitrogens with one attached hydrogen (secondary N) is 1. The lowest BCUT2D eigenvalue weighted by Crippen LogP contribution is -2.34. The normalized spacial score (nSPS) is 18.5. The van der Waals surface area contributed by atoms with Crippen molar-refractivity contribution in [1.29, 1.82) is 0 Å². The van der Waals surface area contributed by atoms with Gasteiger partial charge in [-0.2, -0.15) is 0 Å². The highest BCUT2D eigenvalue weighted by atomic mass is 35.5. The molecule has 120 valence electrons. The molecule has 0 fully saturated rings. The second-order valence-corrected chi connectivity index (χ2v) is 7.43. The Kier molecular flexibility index (Phi) is 4.03. The second-order valence-electron chi connectivity index (χ2n) is 6.59. The molecule has 2 aromatic rings. The first-order chi connectivity index (χ1) is 10.8. The van der Waals surface area contributed by atoms with Crippen LogP contribution in [0, 0.1) is 5.41 Å². The van der Waals surface area contributed by atoms with E-state index in [1.54, 1.807) is 12.1 Å². The van der Waals surface area contributed by atoms with Gasteiger partial charge in [0.1, 0.15) is 0 Å². The average Bonchev–Trinajstić information content (AvgIpc) is 2.71. The summed E-state index contributed by atoms with van der Waals surface area (Å²) in [5.74, 6) is 0. The van der Waals surface area contributed by atoms with Crippen molar-refractivity contribution in [3.8, 4) is 11.1 Å². The molecule has 0 saturated heterocycles. The van der Waals surface area contributed by atoms with Crippen LogP contribution < -0.4 is 5.32 Å². The van der Waals surface area contributed by atoms with Gasteiger partial charge in [0.25, 0.3) is 0 Å². The van der Waals surface area contributed by atoms with Gasteiger partial charge in [-0.25, -0.2) is 4.79 Å². The Bertz CT molecular complexity index is 787. The van der Waals surface area contributed by atoms with Crippen molar-refractivity contribution in [2.75, 3.05) is 0 Å². The number of amides is 1. The van der Waals surface area contributed by atoms with Gasteiger partial charge in [-0.15, -0.1) is 0 Å². The third kappa shape index (κ3) is 3.04. The van der Waals surface area contributed by atoms with E-state index in [1.807, 2.05) is 18.2 Å². The molecule has 0 bridgehead atoms. The number of fused-ring (bicyclic) bond motifs is 1. The van der Waals surface area contributed by atoms with Crippen LogP contribution in [0.1, 0.15) is 31.0 Å². The first-order valence-electron chi connectivity index (χ1n) is 7.35. The van der Waals surface area contributed by atoms with E-state index < -0.39 is 6.09 Å². The van der Waals surface area contributed by atoms with Crippen LogP contribution >= 0.6 is 23.2 Å². The Balaban J connectivity index is 2.05. The van der Waals surface area contributed by atoms with Gasteiger partial charge < -0.3 is 10.4 Å². The molecule has 2 N–H and O–H groups in total. The van der Waals surface area contributed by atoms with Gasteiger partial charge in [0.2, 0.25) is 0 Å². The van der Waals surface area contributed by atoms with Crippen LogP contribution in [0.15, 0.2) is 36.4 Å². The molecule has 0 radical (unpaired) electrons. The molecule has 23 heavy (non-hydrogen) atoms. The number of hydrogen-bond donors (Lipinski definition) is 2. The third-order valence-electron chi connectivity index (χ3n) is 4.39. The van der Waals surface area contributed by atoms with E-state index in [0.717, 1.165) is 28.7 Å². The molecular weight excluding hydrogens is 333 g/mol. The quantitative estimate of drug-likeness (QED) is 0.746. The van der Waals surface area contributed by atoms with Crippen molar-refractivity contribution in [3.05, 3.63) is 57.6 Å². The molecule has 0 aliphatic heterocycles. The molecule has 5 heteroatoms. The fourth-order valence-electron chi connectivity index (χ4n) is 3.34. The Morgan fingerprint density at radius 1 is 1.22 bits per heavy atom. The van der Waals surface area contributed by atoms with E-state index in [0.29, 0.717) is 10.0 Å². The Morgan fingerprint density at radius 2 is 1.96 bits per heavy atom. The predicted molar refractivity (Wildman–Crippen MR) is 93.3 cm³/mol. The largest absolute Gasteiger partial charge is 0.465 e. The lowest BCUT2D eigenvalue weighted by molar-refractivity contribution is 0.175. The zero-order valence-corrected chi connectivity index (χ0v) is 14.4. The number of carboxylic acid groups (broad SMARTS) is 1. The lowest BCUT2D eigenvalue weighted by atomic mass is 9.85. The molecule has 2 aromatic carbocycles. The first kappa shape index (κ1) is 16.2. The van der Waals surface area contributed by atoms with Gasteiger partial charge in [0.05, 0.1) is 6.04 Å². The molecule has 0 heterocycles. The third-order valence-corrected chi connectivity index (χ3v) is 4.95. The standard InChI is InChI=1S/C18H17Cl2NO2/c1-18(2)9-11-7-10(14-8-12(19)4-6-15(14)20)3-5-13(11)16(18)21-17(22)23/h3-8,16,21H,9H2,1-2H3,(H,22,23). The number of hydrogen-bond acceptors (Lipinski definition) is 1. The summed E-state index contributed by atoms with van der Waals surface area (Å²) in [6.45, 7) is 4.14. The summed E-state index contributed by atoms with van der Waals surface area (Å²) in [4.78, 5) is 11.1. The molecule has 1 amide bonds. The lowest BCUT2D eigenvalue weighted by Gasteiger charge is -2.27. The smallest absolute Gasteiger partial charge is 0.405 e. The number of halogens is 2. The first-order valence-corrected chi connectivity index (χ1v) is 8.11. The molecule has 0 aromatic heterocycles. The fraction of sp³-hybridized carbons (Fsp3) is 0.278. The summed E-state index contributed by atoms with van der Waals surface area (Å²) in [5, 5.41) is 13.0. The number of carbonyl (C=O) groups is 1. The highest BCUT2D eigenvalue weighted by Crippen LogP contribution is 2.46. The zero-order chi connectivity index (χ0) is 16.8. The molecule has 1 aliphatic rings. The van der Waals surface area contributed by atoms with Gasteiger partial charge >= 0.3 is 6.09 Å². The summed E-state index contributed by atoms with van der Waals surface area (Å²) >= 11 is 12.4. The van der Waals surface area contributed by atoms with E-state index in [2.05, 4.69) is 25.2 Å². The average molecular weight is 350 g/mol. The summed E-state index contributed by atoms with van der Waals surface area (Å²) in [6, 6.07) is 11.2. The minimum Gasteiger partial charge on any atom is -0.465 e. The highest BCUT2D eigenvalue weighted by Gasteiger charge is 2.40. The summed E-state index contributed by atoms with van der Waals surface area (Å²) in [7, 11) is 0. The number of rotatable bonds is 2. The molecular formula is C18H17Cl2NO2. The molecule has 1 unspecified atom stereocenters. The van der Waals surface area contributed by atoms with Gasteiger partial charge in [0.15, 0.2) is 0 Å². The van der Waals surface area contributed by atoms with E-state index in [9.17, 15) is 4.79 Å². The maximum absolute atomic E-state index is 11.1. The van der Waals surface area contributed by atoms with Crippen LogP contribution in [0.4, 0.5) is 4.79 Å². The Morgan fingerprint density at radius 3 is 2.65 bits per heavy atom. The van der Waals surface area contributed by atoms with Crippen LogP contribution in [0.5, 0.6) is 0 Å². The number of benzene rings is 2. The minimum absolute atomic E-state index is 0.169. The fourth-order valence-corrected chi connectivity index (χ4v) is 3.74. The summed E-state index contributed by atoms with van der Waals surface area (Å²) in [5.41, 5.74) is 3.87. The summed E-state index contributed by atoms with van der Waals surface area (Å²) < 4.78 is 0. The zero-order valence-electron chi connectivity index (χ0n) is 12.9. The molecule has 3 nitrogen and oxygen atoms in total. The monoisotopic (exact) mass is 349 g/mol. The molecule has 1 atom stereocenters. The van der Waals surface area contributed by atoms with Crippen molar-refractivity contribution in [3.63, 3.8) is 0 Å². The molecule has 3 rings (SSSR count). The second kappa shape index (κ2) is 5.73. The highest BCUT2D eigenvalue weighted by molar-refractivity contribution is 6.35. The van der Waals surface area contributed by atoms with Crippen molar-refractivity contribution < 1.29 is 9.90 Å². The maximum atomic E-state index is 11.1. The van der Waals surface area contributed by atoms with Crippen molar-refractivity contribution in [2.24, 2.45) is 5.41 Å². The van der Waals surface area contributed by atoms with E-state index in [1.165, 1.54) is 0 Å². The Hall–Kier alpha value is -1.71. The van der Waals surface area contributed by atoms with Crippen LogP contribution in [0.2, 0.25) is 10.0 Å². The van der Waals surface area contributed by atoms with Crippen LogP contribution in [-0.4, -0.2) is 11.2 Å².